The van der Waals surface area contributed by atoms with Crippen LogP contribution in [0.15, 0.2) is 30.3 Å². The molecule has 0 bridgehead atoms. The van der Waals surface area contributed by atoms with Crippen molar-refractivity contribution in [3.63, 3.8) is 0 Å². The third-order valence-electron chi connectivity index (χ3n) is 4.75. The Hall–Kier alpha value is -1.65. The highest BCUT2D eigenvalue weighted by atomic mass is 79.9. The van der Waals surface area contributed by atoms with Crippen LogP contribution in [0.1, 0.15) is 46.0 Å². The van der Waals surface area contributed by atoms with Gasteiger partial charge in [0.05, 0.1) is 11.4 Å². The van der Waals surface area contributed by atoms with Crippen LogP contribution >= 0.6 is 15.9 Å². The third kappa shape index (κ3) is 2.50. The molecule has 0 radical (unpaired) electrons. The fraction of sp³-hybridized carbons (Fsp3) is 0.316. The van der Waals surface area contributed by atoms with Crippen LogP contribution in [-0.4, -0.2) is 16.2 Å². The highest BCUT2D eigenvalue weighted by Gasteiger charge is 2.25. The second kappa shape index (κ2) is 5.77. The number of rotatable bonds is 2. The zero-order valence-corrected chi connectivity index (χ0v) is 14.2. The highest BCUT2D eigenvalue weighted by Crippen LogP contribution is 2.43. The standard InChI is InChI=1S/C19H17BrO3/c20-9-18(22)12-4-5-14-13(6-12)10-23-19-8-15-11(7-16(14)19)2-1-3-17(15)21/h4-8,17,21H,1-3,9-10H2. The lowest BCUT2D eigenvalue weighted by molar-refractivity contribution is 0.102. The number of fused-ring (bicyclic) bond motifs is 4. The normalized spacial score (nSPS) is 18.4. The summed E-state index contributed by atoms with van der Waals surface area (Å²) in [6.45, 7) is 0.459. The SMILES string of the molecule is O=C(CBr)c1ccc2c(c1)COc1cc3c(cc1-2)CCCC3O. The zero-order chi connectivity index (χ0) is 16.0. The van der Waals surface area contributed by atoms with Crippen LogP contribution in [0.25, 0.3) is 11.1 Å². The molecule has 1 unspecified atom stereocenters. The summed E-state index contributed by atoms with van der Waals surface area (Å²) in [5, 5.41) is 10.5. The van der Waals surface area contributed by atoms with Crippen molar-refractivity contribution in [2.75, 3.05) is 5.33 Å². The van der Waals surface area contributed by atoms with Gasteiger partial charge in [0.15, 0.2) is 5.78 Å². The van der Waals surface area contributed by atoms with Crippen LogP contribution < -0.4 is 4.74 Å². The predicted molar refractivity (Wildman–Crippen MR) is 92.2 cm³/mol. The first-order valence-corrected chi connectivity index (χ1v) is 8.99. The molecule has 3 nitrogen and oxygen atoms in total. The minimum atomic E-state index is -0.382. The Balaban J connectivity index is 1.82. The first kappa shape index (κ1) is 14.9. The topological polar surface area (TPSA) is 46.5 Å². The van der Waals surface area contributed by atoms with Gasteiger partial charge >= 0.3 is 0 Å². The smallest absolute Gasteiger partial charge is 0.173 e. The summed E-state index contributed by atoms with van der Waals surface area (Å²) >= 11 is 3.22. The molecule has 2 aromatic rings. The van der Waals surface area contributed by atoms with Gasteiger partial charge in [0.25, 0.3) is 0 Å². The quantitative estimate of drug-likeness (QED) is 0.634. The van der Waals surface area contributed by atoms with E-state index in [4.69, 9.17) is 4.74 Å². The monoisotopic (exact) mass is 372 g/mol. The van der Waals surface area contributed by atoms with E-state index in [1.807, 2.05) is 24.3 Å². The molecule has 1 aliphatic carbocycles. The van der Waals surface area contributed by atoms with Gasteiger partial charge in [-0.2, -0.15) is 0 Å². The predicted octanol–water partition coefficient (Wildman–Crippen LogP) is 4.19. The number of Topliss-reactive ketones (excluding diaryl/α,β-unsaturated/α-hetero) is 1. The third-order valence-corrected chi connectivity index (χ3v) is 5.26. The molecular formula is C19H17BrO3. The fourth-order valence-electron chi connectivity index (χ4n) is 3.52. The van der Waals surface area contributed by atoms with Crippen molar-refractivity contribution in [1.29, 1.82) is 0 Å². The molecular weight excluding hydrogens is 356 g/mol. The van der Waals surface area contributed by atoms with Gasteiger partial charge in [-0.25, -0.2) is 0 Å². The van der Waals surface area contributed by atoms with Gasteiger partial charge in [0, 0.05) is 11.1 Å². The number of aliphatic hydroxyl groups excluding tert-OH is 1. The molecule has 0 amide bonds. The van der Waals surface area contributed by atoms with E-state index < -0.39 is 0 Å². The van der Waals surface area contributed by atoms with E-state index in [1.54, 1.807) is 0 Å². The molecule has 4 rings (SSSR count). The number of carbonyl (C=O) groups excluding carboxylic acids is 1. The van der Waals surface area contributed by atoms with Gasteiger partial charge in [-0.1, -0.05) is 28.1 Å². The van der Waals surface area contributed by atoms with E-state index in [9.17, 15) is 9.90 Å². The number of aliphatic hydroxyl groups is 1. The minimum Gasteiger partial charge on any atom is -0.488 e. The molecule has 2 aliphatic rings. The number of hydrogen-bond acceptors (Lipinski definition) is 3. The average molecular weight is 373 g/mol. The van der Waals surface area contributed by atoms with Gasteiger partial charge in [-0.05, 0) is 59.7 Å². The number of halogens is 1. The molecule has 1 N–H and O–H groups in total. The first-order chi connectivity index (χ1) is 11.2. The summed E-state index contributed by atoms with van der Waals surface area (Å²) in [5.74, 6) is 0.906. The van der Waals surface area contributed by atoms with Crippen molar-refractivity contribution in [2.45, 2.75) is 32.0 Å². The molecule has 23 heavy (non-hydrogen) atoms. The van der Waals surface area contributed by atoms with Crippen molar-refractivity contribution < 1.29 is 14.6 Å². The van der Waals surface area contributed by atoms with Crippen LogP contribution in [0.5, 0.6) is 5.75 Å². The van der Waals surface area contributed by atoms with Crippen LogP contribution in [0.3, 0.4) is 0 Å². The molecule has 0 fully saturated rings. The largest absolute Gasteiger partial charge is 0.488 e. The van der Waals surface area contributed by atoms with Gasteiger partial charge in [0.2, 0.25) is 0 Å². The summed E-state index contributed by atoms with van der Waals surface area (Å²) < 4.78 is 5.90. The van der Waals surface area contributed by atoms with Crippen molar-refractivity contribution in [2.24, 2.45) is 0 Å². The summed E-state index contributed by atoms with van der Waals surface area (Å²) in [4.78, 5) is 11.9. The van der Waals surface area contributed by atoms with E-state index in [0.29, 0.717) is 17.5 Å². The van der Waals surface area contributed by atoms with E-state index in [1.165, 1.54) is 5.56 Å². The Kier molecular flexibility index (Phi) is 3.74. The number of benzene rings is 2. The molecule has 1 atom stereocenters. The van der Waals surface area contributed by atoms with E-state index in [0.717, 1.165) is 47.3 Å². The Labute approximate surface area is 143 Å². The maximum Gasteiger partial charge on any atom is 0.173 e. The first-order valence-electron chi connectivity index (χ1n) is 7.87. The number of ether oxygens (including phenoxy) is 1. The van der Waals surface area contributed by atoms with Crippen molar-refractivity contribution in [3.05, 3.63) is 52.6 Å². The second-order valence-corrected chi connectivity index (χ2v) is 6.73. The number of ketones is 1. The number of aryl methyl sites for hydroxylation is 1. The van der Waals surface area contributed by atoms with Crippen LogP contribution in [-0.2, 0) is 13.0 Å². The van der Waals surface area contributed by atoms with Gasteiger partial charge < -0.3 is 9.84 Å². The Bertz CT molecular complexity index is 797. The number of alkyl halides is 1. The van der Waals surface area contributed by atoms with E-state index in [-0.39, 0.29) is 11.9 Å². The highest BCUT2D eigenvalue weighted by molar-refractivity contribution is 9.09. The average Bonchev–Trinajstić information content (AvgIpc) is 2.59. The summed E-state index contributed by atoms with van der Waals surface area (Å²) in [6.07, 6.45) is 2.45. The minimum absolute atomic E-state index is 0.0761. The Morgan fingerprint density at radius 2 is 2.09 bits per heavy atom. The van der Waals surface area contributed by atoms with E-state index in [2.05, 4.69) is 22.0 Å². The molecule has 0 aromatic heterocycles. The van der Waals surface area contributed by atoms with Crippen LogP contribution in [0, 0.1) is 0 Å². The van der Waals surface area contributed by atoms with Crippen LogP contribution in [0.4, 0.5) is 0 Å². The summed E-state index contributed by atoms with van der Waals surface area (Å²) in [5.41, 5.74) is 6.16. The number of hydrogen-bond donors (Lipinski definition) is 1. The van der Waals surface area contributed by atoms with Gasteiger partial charge in [-0.15, -0.1) is 0 Å². The second-order valence-electron chi connectivity index (χ2n) is 6.17. The lowest BCUT2D eigenvalue weighted by Crippen LogP contribution is -2.13. The molecule has 1 aliphatic heterocycles. The molecule has 0 saturated heterocycles. The number of carbonyl (C=O) groups is 1. The summed E-state index contributed by atoms with van der Waals surface area (Å²) in [7, 11) is 0. The molecule has 118 valence electrons. The molecule has 1 heterocycles. The van der Waals surface area contributed by atoms with E-state index >= 15 is 0 Å². The Morgan fingerprint density at radius 1 is 1.22 bits per heavy atom. The lowest BCUT2D eigenvalue weighted by atomic mass is 9.85. The van der Waals surface area contributed by atoms with Crippen molar-refractivity contribution >= 4 is 21.7 Å². The zero-order valence-electron chi connectivity index (χ0n) is 12.6. The van der Waals surface area contributed by atoms with Crippen molar-refractivity contribution in [3.8, 4) is 16.9 Å². The molecule has 0 saturated carbocycles. The maximum absolute atomic E-state index is 11.9. The fourth-order valence-corrected chi connectivity index (χ4v) is 3.84. The maximum atomic E-state index is 11.9. The van der Waals surface area contributed by atoms with Crippen molar-refractivity contribution in [1.82, 2.24) is 0 Å². The van der Waals surface area contributed by atoms with Crippen LogP contribution in [0.2, 0.25) is 0 Å². The molecule has 0 spiro atoms. The van der Waals surface area contributed by atoms with Gasteiger partial charge in [-0.3, -0.25) is 4.79 Å². The molecule has 4 heteroatoms. The van der Waals surface area contributed by atoms with Gasteiger partial charge in [0.1, 0.15) is 12.4 Å². The lowest BCUT2D eigenvalue weighted by Gasteiger charge is -2.27. The molecule has 2 aromatic carbocycles. The summed E-state index contributed by atoms with van der Waals surface area (Å²) in [6, 6.07) is 9.96. The Morgan fingerprint density at radius 3 is 2.91 bits per heavy atom.